The molecule has 0 spiro atoms. The van der Waals surface area contributed by atoms with Crippen LogP contribution in [-0.4, -0.2) is 11.5 Å². The molecule has 1 saturated carbocycles. The summed E-state index contributed by atoms with van der Waals surface area (Å²) in [4.78, 5) is 4.07. The van der Waals surface area contributed by atoms with Gasteiger partial charge in [-0.1, -0.05) is 19.8 Å². The second kappa shape index (κ2) is 5.19. The molecule has 0 bridgehead atoms. The van der Waals surface area contributed by atoms with E-state index in [1.807, 2.05) is 12.3 Å². The Kier molecular flexibility index (Phi) is 3.65. The Morgan fingerprint density at radius 3 is 2.75 bits per heavy atom. The number of nitrogens with one attached hydrogen (secondary N) is 1. The van der Waals surface area contributed by atoms with Crippen molar-refractivity contribution in [2.45, 2.75) is 32.6 Å². The van der Waals surface area contributed by atoms with Crippen molar-refractivity contribution >= 4 is 11.4 Å². The van der Waals surface area contributed by atoms with Crippen LogP contribution in [0, 0.1) is 11.8 Å². The summed E-state index contributed by atoms with van der Waals surface area (Å²) in [5, 5.41) is 3.43. The minimum Gasteiger partial charge on any atom is -0.397 e. The van der Waals surface area contributed by atoms with E-state index in [0.29, 0.717) is 0 Å². The summed E-state index contributed by atoms with van der Waals surface area (Å²) in [5.74, 6) is 1.74. The summed E-state index contributed by atoms with van der Waals surface area (Å²) < 4.78 is 0. The molecule has 0 aliphatic heterocycles. The standard InChI is InChI=1S/C13H21N3/c1-10-2-4-11(5-3-10)7-16-13-6-12(14)8-15-9-13/h6,8-11,16H,2-5,7,14H2,1H3. The van der Waals surface area contributed by atoms with Crippen LogP contribution >= 0.6 is 0 Å². The molecule has 1 heterocycles. The lowest BCUT2D eigenvalue weighted by atomic mass is 9.83. The van der Waals surface area contributed by atoms with Crippen LogP contribution in [0.15, 0.2) is 18.5 Å². The fourth-order valence-corrected chi connectivity index (χ4v) is 2.35. The van der Waals surface area contributed by atoms with E-state index >= 15 is 0 Å². The molecule has 1 aromatic rings. The van der Waals surface area contributed by atoms with E-state index in [9.17, 15) is 0 Å². The number of rotatable bonds is 3. The number of pyridine rings is 1. The molecule has 0 aromatic carbocycles. The van der Waals surface area contributed by atoms with Gasteiger partial charge in [0.15, 0.2) is 0 Å². The van der Waals surface area contributed by atoms with Crippen molar-refractivity contribution in [1.29, 1.82) is 0 Å². The van der Waals surface area contributed by atoms with Crippen LogP contribution in [-0.2, 0) is 0 Å². The monoisotopic (exact) mass is 219 g/mol. The summed E-state index contributed by atoms with van der Waals surface area (Å²) in [7, 11) is 0. The maximum atomic E-state index is 5.68. The number of nitrogens with zero attached hydrogens (tertiary/aromatic N) is 1. The predicted molar refractivity (Wildman–Crippen MR) is 68.3 cm³/mol. The van der Waals surface area contributed by atoms with Gasteiger partial charge in [0.1, 0.15) is 0 Å². The maximum absolute atomic E-state index is 5.68. The molecule has 16 heavy (non-hydrogen) atoms. The highest BCUT2D eigenvalue weighted by Crippen LogP contribution is 2.28. The van der Waals surface area contributed by atoms with E-state index in [2.05, 4.69) is 17.2 Å². The Labute approximate surface area is 97.5 Å². The Morgan fingerprint density at radius 1 is 1.31 bits per heavy atom. The second-order valence-corrected chi connectivity index (χ2v) is 5.01. The van der Waals surface area contributed by atoms with Gasteiger partial charge in [-0.05, 0) is 30.7 Å². The van der Waals surface area contributed by atoms with E-state index in [0.717, 1.165) is 29.8 Å². The Morgan fingerprint density at radius 2 is 2.06 bits per heavy atom. The molecule has 2 rings (SSSR count). The van der Waals surface area contributed by atoms with E-state index in [1.165, 1.54) is 25.7 Å². The minimum absolute atomic E-state index is 0.724. The molecule has 0 saturated heterocycles. The predicted octanol–water partition coefficient (Wildman–Crippen LogP) is 2.90. The Hall–Kier alpha value is -1.25. The van der Waals surface area contributed by atoms with Crippen LogP contribution in [0.3, 0.4) is 0 Å². The average molecular weight is 219 g/mol. The molecule has 0 amide bonds. The van der Waals surface area contributed by atoms with Crippen molar-refractivity contribution in [3.8, 4) is 0 Å². The molecule has 1 fully saturated rings. The number of hydrogen-bond acceptors (Lipinski definition) is 3. The Balaban J connectivity index is 1.79. The lowest BCUT2D eigenvalue weighted by Crippen LogP contribution is -2.20. The zero-order valence-electron chi connectivity index (χ0n) is 9.95. The van der Waals surface area contributed by atoms with Gasteiger partial charge in [-0.15, -0.1) is 0 Å². The van der Waals surface area contributed by atoms with Gasteiger partial charge in [-0.25, -0.2) is 0 Å². The van der Waals surface area contributed by atoms with E-state index in [4.69, 9.17) is 5.73 Å². The van der Waals surface area contributed by atoms with Crippen LogP contribution in [0.5, 0.6) is 0 Å². The SMILES string of the molecule is CC1CCC(CNc2cncc(N)c2)CC1. The number of hydrogen-bond donors (Lipinski definition) is 2. The van der Waals surface area contributed by atoms with Crippen LogP contribution in [0.4, 0.5) is 11.4 Å². The quantitative estimate of drug-likeness (QED) is 0.821. The number of anilines is 2. The third-order valence-corrected chi connectivity index (χ3v) is 3.49. The van der Waals surface area contributed by atoms with Crippen molar-refractivity contribution < 1.29 is 0 Å². The smallest absolute Gasteiger partial charge is 0.0547 e. The lowest BCUT2D eigenvalue weighted by molar-refractivity contribution is 0.300. The molecule has 1 aliphatic carbocycles. The highest BCUT2D eigenvalue weighted by Gasteiger charge is 2.17. The van der Waals surface area contributed by atoms with Crippen LogP contribution in [0.25, 0.3) is 0 Å². The first-order valence-corrected chi connectivity index (χ1v) is 6.18. The molecule has 3 N–H and O–H groups in total. The van der Waals surface area contributed by atoms with Crippen molar-refractivity contribution in [2.75, 3.05) is 17.6 Å². The van der Waals surface area contributed by atoms with Gasteiger partial charge in [0, 0.05) is 12.7 Å². The van der Waals surface area contributed by atoms with Gasteiger partial charge in [0.05, 0.1) is 17.6 Å². The normalized spacial score (nSPS) is 25.3. The number of aromatic nitrogens is 1. The van der Waals surface area contributed by atoms with Gasteiger partial charge in [0.2, 0.25) is 0 Å². The molecular weight excluding hydrogens is 198 g/mol. The summed E-state index contributed by atoms with van der Waals surface area (Å²) in [6, 6.07) is 1.94. The molecular formula is C13H21N3. The van der Waals surface area contributed by atoms with Gasteiger partial charge >= 0.3 is 0 Å². The average Bonchev–Trinajstić information content (AvgIpc) is 2.28. The first kappa shape index (κ1) is 11.2. The molecule has 1 aromatic heterocycles. The third kappa shape index (κ3) is 3.12. The third-order valence-electron chi connectivity index (χ3n) is 3.49. The molecule has 88 valence electrons. The van der Waals surface area contributed by atoms with Gasteiger partial charge in [0.25, 0.3) is 0 Å². The first-order chi connectivity index (χ1) is 7.74. The van der Waals surface area contributed by atoms with Gasteiger partial charge in [-0.3, -0.25) is 4.98 Å². The molecule has 3 nitrogen and oxygen atoms in total. The lowest BCUT2D eigenvalue weighted by Gasteiger charge is -2.26. The second-order valence-electron chi connectivity index (χ2n) is 5.01. The minimum atomic E-state index is 0.724. The molecule has 0 atom stereocenters. The van der Waals surface area contributed by atoms with Gasteiger partial charge in [-0.2, -0.15) is 0 Å². The summed E-state index contributed by atoms with van der Waals surface area (Å²) in [6.07, 6.45) is 8.96. The summed E-state index contributed by atoms with van der Waals surface area (Å²) >= 11 is 0. The first-order valence-electron chi connectivity index (χ1n) is 6.18. The van der Waals surface area contributed by atoms with Crippen molar-refractivity contribution in [3.63, 3.8) is 0 Å². The van der Waals surface area contributed by atoms with Crippen molar-refractivity contribution in [1.82, 2.24) is 4.98 Å². The van der Waals surface area contributed by atoms with Crippen LogP contribution < -0.4 is 11.1 Å². The largest absolute Gasteiger partial charge is 0.397 e. The Bertz CT molecular complexity index is 330. The molecule has 3 heteroatoms. The van der Waals surface area contributed by atoms with Crippen LogP contribution in [0.1, 0.15) is 32.6 Å². The molecule has 1 aliphatic rings. The zero-order valence-corrected chi connectivity index (χ0v) is 9.95. The fourth-order valence-electron chi connectivity index (χ4n) is 2.35. The van der Waals surface area contributed by atoms with Crippen molar-refractivity contribution in [3.05, 3.63) is 18.5 Å². The topological polar surface area (TPSA) is 50.9 Å². The van der Waals surface area contributed by atoms with Gasteiger partial charge < -0.3 is 11.1 Å². The maximum Gasteiger partial charge on any atom is 0.0547 e. The highest BCUT2D eigenvalue weighted by atomic mass is 14.9. The zero-order chi connectivity index (χ0) is 11.4. The van der Waals surface area contributed by atoms with E-state index < -0.39 is 0 Å². The molecule has 0 radical (unpaired) electrons. The fraction of sp³-hybridized carbons (Fsp3) is 0.615. The molecule has 0 unspecified atom stereocenters. The van der Waals surface area contributed by atoms with E-state index in [1.54, 1.807) is 6.20 Å². The van der Waals surface area contributed by atoms with Crippen molar-refractivity contribution in [2.24, 2.45) is 11.8 Å². The van der Waals surface area contributed by atoms with E-state index in [-0.39, 0.29) is 0 Å². The summed E-state index contributed by atoms with van der Waals surface area (Å²) in [5.41, 5.74) is 7.45. The number of nitrogen functional groups attached to an aromatic ring is 1. The highest BCUT2D eigenvalue weighted by molar-refractivity contribution is 5.51. The number of nitrogens with two attached hydrogens (primary N) is 1. The summed E-state index contributed by atoms with van der Waals surface area (Å²) in [6.45, 7) is 3.41. The van der Waals surface area contributed by atoms with Crippen LogP contribution in [0.2, 0.25) is 0 Å².